The van der Waals surface area contributed by atoms with Crippen LogP contribution >= 0.6 is 0 Å². The van der Waals surface area contributed by atoms with Crippen LogP contribution in [0.25, 0.3) is 11.1 Å². The highest BCUT2D eigenvalue weighted by Gasteiger charge is 2.32. The summed E-state index contributed by atoms with van der Waals surface area (Å²) < 4.78 is 0. The second kappa shape index (κ2) is 10.9. The van der Waals surface area contributed by atoms with Gasteiger partial charge in [0.2, 0.25) is 5.91 Å². The SMILES string of the molecule is C[C@H](CC(Cc1ccc(-c2ccccc2)cc1)NC(=O)[C@@H]1CCC[C@H](C(=O)O)C1)C(=O)O. The largest absolute Gasteiger partial charge is 0.481 e. The van der Waals surface area contributed by atoms with Crippen molar-refractivity contribution in [3.63, 3.8) is 0 Å². The first-order valence-corrected chi connectivity index (χ1v) is 11.2. The molecule has 1 aliphatic rings. The summed E-state index contributed by atoms with van der Waals surface area (Å²) in [6, 6.07) is 17.8. The van der Waals surface area contributed by atoms with Gasteiger partial charge in [0.15, 0.2) is 0 Å². The van der Waals surface area contributed by atoms with Gasteiger partial charge in [0.05, 0.1) is 11.8 Å². The van der Waals surface area contributed by atoms with E-state index in [-0.39, 0.29) is 17.9 Å². The molecule has 3 N–H and O–H groups in total. The third-order valence-electron chi connectivity index (χ3n) is 6.34. The molecule has 6 heteroatoms. The molecule has 0 aromatic heterocycles. The molecule has 1 amide bonds. The molecule has 1 saturated carbocycles. The zero-order valence-electron chi connectivity index (χ0n) is 18.4. The van der Waals surface area contributed by atoms with Crippen molar-refractivity contribution in [3.05, 3.63) is 60.2 Å². The minimum Gasteiger partial charge on any atom is -0.481 e. The molecule has 0 saturated heterocycles. The number of hydrogen-bond acceptors (Lipinski definition) is 3. The van der Waals surface area contributed by atoms with Crippen molar-refractivity contribution in [1.82, 2.24) is 5.32 Å². The van der Waals surface area contributed by atoms with Crippen LogP contribution in [0.1, 0.15) is 44.6 Å². The van der Waals surface area contributed by atoms with Crippen molar-refractivity contribution < 1.29 is 24.6 Å². The molecule has 0 heterocycles. The van der Waals surface area contributed by atoms with Crippen molar-refractivity contribution in [1.29, 1.82) is 0 Å². The van der Waals surface area contributed by atoms with Crippen LogP contribution in [0.3, 0.4) is 0 Å². The Balaban J connectivity index is 1.69. The van der Waals surface area contributed by atoms with E-state index in [1.807, 2.05) is 54.6 Å². The molecule has 0 radical (unpaired) electrons. The van der Waals surface area contributed by atoms with Crippen LogP contribution < -0.4 is 5.32 Å². The number of rotatable bonds is 9. The first-order valence-electron chi connectivity index (χ1n) is 11.2. The Morgan fingerprint density at radius 1 is 0.938 bits per heavy atom. The second-order valence-electron chi connectivity index (χ2n) is 8.85. The van der Waals surface area contributed by atoms with Gasteiger partial charge in [-0.2, -0.15) is 0 Å². The second-order valence-corrected chi connectivity index (χ2v) is 8.85. The highest BCUT2D eigenvalue weighted by molar-refractivity contribution is 5.80. The smallest absolute Gasteiger partial charge is 0.306 e. The van der Waals surface area contributed by atoms with Crippen LogP contribution in [0.2, 0.25) is 0 Å². The van der Waals surface area contributed by atoms with E-state index >= 15 is 0 Å². The van der Waals surface area contributed by atoms with Crippen LogP contribution in [0.4, 0.5) is 0 Å². The van der Waals surface area contributed by atoms with Gasteiger partial charge in [0, 0.05) is 12.0 Å². The van der Waals surface area contributed by atoms with Gasteiger partial charge >= 0.3 is 11.9 Å². The average molecular weight is 438 g/mol. The number of carboxylic acid groups (broad SMARTS) is 2. The molecule has 0 bridgehead atoms. The first-order chi connectivity index (χ1) is 15.3. The summed E-state index contributed by atoms with van der Waals surface area (Å²) in [7, 11) is 0. The molecule has 1 fully saturated rings. The minimum absolute atomic E-state index is 0.167. The van der Waals surface area contributed by atoms with Crippen molar-refractivity contribution in [3.8, 4) is 11.1 Å². The quantitative estimate of drug-likeness (QED) is 0.540. The molecule has 1 aliphatic carbocycles. The molecule has 0 spiro atoms. The van der Waals surface area contributed by atoms with Crippen LogP contribution in [-0.2, 0) is 20.8 Å². The summed E-state index contributed by atoms with van der Waals surface area (Å²) in [6.07, 6.45) is 3.17. The van der Waals surface area contributed by atoms with Gasteiger partial charge in [-0.15, -0.1) is 0 Å². The van der Waals surface area contributed by atoms with Crippen molar-refractivity contribution in [2.75, 3.05) is 0 Å². The summed E-state index contributed by atoms with van der Waals surface area (Å²) in [6.45, 7) is 1.64. The number of aliphatic carboxylic acids is 2. The molecular formula is C26H31NO5. The lowest BCUT2D eigenvalue weighted by Crippen LogP contribution is -2.43. The monoisotopic (exact) mass is 437 g/mol. The number of benzene rings is 2. The van der Waals surface area contributed by atoms with Crippen LogP contribution in [0.15, 0.2) is 54.6 Å². The highest BCUT2D eigenvalue weighted by Crippen LogP contribution is 2.30. The molecule has 4 atom stereocenters. The van der Waals surface area contributed by atoms with Gasteiger partial charge in [-0.1, -0.05) is 67.9 Å². The number of amides is 1. The van der Waals surface area contributed by atoms with Gasteiger partial charge < -0.3 is 15.5 Å². The standard InChI is InChI=1S/C26H31NO5/c1-17(25(29)30)14-23(27-24(28)21-8-5-9-22(16-21)26(31)32)15-18-10-12-20(13-11-18)19-6-3-2-4-7-19/h2-4,6-7,10-13,17,21-23H,5,8-9,14-16H2,1H3,(H,27,28)(H,29,30)(H,31,32)/t17-,21-,22+,23?/m1/s1. The third-order valence-corrected chi connectivity index (χ3v) is 6.34. The van der Waals surface area contributed by atoms with Crippen LogP contribution in [-0.4, -0.2) is 34.1 Å². The van der Waals surface area contributed by atoms with Crippen LogP contribution in [0, 0.1) is 17.8 Å². The number of carbonyl (C=O) groups excluding carboxylic acids is 1. The molecular weight excluding hydrogens is 406 g/mol. The fraction of sp³-hybridized carbons (Fsp3) is 0.423. The van der Waals surface area contributed by atoms with Crippen molar-refractivity contribution in [2.45, 2.75) is 51.5 Å². The lowest BCUT2D eigenvalue weighted by Gasteiger charge is -2.28. The maximum Gasteiger partial charge on any atom is 0.306 e. The fourth-order valence-electron chi connectivity index (χ4n) is 4.44. The molecule has 2 aromatic rings. The summed E-state index contributed by atoms with van der Waals surface area (Å²) >= 11 is 0. The molecule has 1 unspecified atom stereocenters. The minimum atomic E-state index is -0.896. The summed E-state index contributed by atoms with van der Waals surface area (Å²) in [5.41, 5.74) is 3.23. The first kappa shape index (κ1) is 23.5. The van der Waals surface area contributed by atoms with Gasteiger partial charge in [-0.05, 0) is 48.8 Å². The van der Waals surface area contributed by atoms with E-state index in [0.29, 0.717) is 38.5 Å². The van der Waals surface area contributed by atoms with E-state index in [1.165, 1.54) is 0 Å². The Kier molecular flexibility index (Phi) is 8.03. The van der Waals surface area contributed by atoms with E-state index in [9.17, 15) is 24.6 Å². The summed E-state index contributed by atoms with van der Waals surface area (Å²) in [5, 5.41) is 21.7. The predicted molar refractivity (Wildman–Crippen MR) is 122 cm³/mol. The number of carboxylic acids is 2. The Bertz CT molecular complexity index is 925. The molecule has 3 rings (SSSR count). The molecule has 6 nitrogen and oxygen atoms in total. The van der Waals surface area contributed by atoms with E-state index in [2.05, 4.69) is 5.32 Å². The van der Waals surface area contributed by atoms with Crippen molar-refractivity contribution in [2.24, 2.45) is 17.8 Å². The lowest BCUT2D eigenvalue weighted by atomic mass is 9.80. The van der Waals surface area contributed by atoms with E-state index in [0.717, 1.165) is 16.7 Å². The van der Waals surface area contributed by atoms with Gasteiger partial charge in [-0.25, -0.2) is 0 Å². The molecule has 2 aromatic carbocycles. The number of hydrogen-bond donors (Lipinski definition) is 3. The fourth-order valence-corrected chi connectivity index (χ4v) is 4.44. The zero-order chi connectivity index (χ0) is 23.1. The number of carbonyl (C=O) groups is 3. The summed E-state index contributed by atoms with van der Waals surface area (Å²) in [4.78, 5) is 35.7. The van der Waals surface area contributed by atoms with Crippen molar-refractivity contribution >= 4 is 17.8 Å². The Hall–Kier alpha value is -3.15. The lowest BCUT2D eigenvalue weighted by molar-refractivity contribution is -0.145. The average Bonchev–Trinajstić information content (AvgIpc) is 2.80. The Labute approximate surface area is 188 Å². The molecule has 170 valence electrons. The highest BCUT2D eigenvalue weighted by atomic mass is 16.4. The van der Waals surface area contributed by atoms with Crippen LogP contribution in [0.5, 0.6) is 0 Å². The topological polar surface area (TPSA) is 104 Å². The maximum absolute atomic E-state index is 12.9. The van der Waals surface area contributed by atoms with E-state index < -0.39 is 23.8 Å². The molecule has 0 aliphatic heterocycles. The Morgan fingerprint density at radius 2 is 1.56 bits per heavy atom. The third kappa shape index (κ3) is 6.42. The molecule has 32 heavy (non-hydrogen) atoms. The number of nitrogens with one attached hydrogen (secondary N) is 1. The summed E-state index contributed by atoms with van der Waals surface area (Å²) in [5.74, 6) is -3.33. The zero-order valence-corrected chi connectivity index (χ0v) is 18.4. The van der Waals surface area contributed by atoms with E-state index in [4.69, 9.17) is 0 Å². The van der Waals surface area contributed by atoms with Gasteiger partial charge in [0.1, 0.15) is 0 Å². The normalized spacial score (nSPS) is 20.2. The Morgan fingerprint density at radius 3 is 2.19 bits per heavy atom. The predicted octanol–water partition coefficient (Wildman–Crippen LogP) is 4.38. The van der Waals surface area contributed by atoms with E-state index in [1.54, 1.807) is 6.92 Å². The van der Waals surface area contributed by atoms with Gasteiger partial charge in [0.25, 0.3) is 0 Å². The van der Waals surface area contributed by atoms with Gasteiger partial charge in [-0.3, -0.25) is 14.4 Å². The maximum atomic E-state index is 12.9.